The molecule has 0 bridgehead atoms. The van der Waals surface area contributed by atoms with Crippen molar-refractivity contribution in [3.8, 4) is 0 Å². The van der Waals surface area contributed by atoms with E-state index in [-0.39, 0.29) is 0 Å². The summed E-state index contributed by atoms with van der Waals surface area (Å²) >= 11 is 7.95. The molecule has 19 heavy (non-hydrogen) atoms. The zero-order valence-corrected chi connectivity index (χ0v) is 13.4. The maximum Gasteiger partial charge on any atom is 0.0934 e. The minimum Gasteiger partial charge on any atom is -0.308 e. The number of hydrogen-bond donors (Lipinski definition) is 1. The molecule has 106 valence electrons. The summed E-state index contributed by atoms with van der Waals surface area (Å²) in [6.07, 6.45) is 7.79. The third kappa shape index (κ3) is 2.58. The lowest BCUT2D eigenvalue weighted by Gasteiger charge is -2.48. The van der Waals surface area contributed by atoms with Gasteiger partial charge < -0.3 is 10.2 Å². The Morgan fingerprint density at radius 1 is 1.42 bits per heavy atom. The number of fused-ring (bicyclic) bond motifs is 1. The molecule has 1 heterocycles. The topological polar surface area (TPSA) is 15.3 Å². The Balaban J connectivity index is 1.68. The molecule has 0 radical (unpaired) electrons. The van der Waals surface area contributed by atoms with Crippen LogP contribution in [0.2, 0.25) is 4.34 Å². The first-order valence-corrected chi connectivity index (χ1v) is 8.49. The molecule has 1 atom stereocenters. The second-order valence-electron chi connectivity index (χ2n) is 6.23. The van der Waals surface area contributed by atoms with Crippen LogP contribution in [-0.4, -0.2) is 31.1 Å². The van der Waals surface area contributed by atoms with Crippen molar-refractivity contribution in [3.05, 3.63) is 20.8 Å². The highest BCUT2D eigenvalue weighted by Crippen LogP contribution is 2.40. The Labute approximate surface area is 125 Å². The second-order valence-corrected chi connectivity index (χ2v) is 8.00. The predicted octanol–water partition coefficient (Wildman–Crippen LogP) is 3.85. The lowest BCUT2D eigenvalue weighted by atomic mass is 9.75. The summed E-state index contributed by atoms with van der Waals surface area (Å²) in [5, 5.41) is 3.82. The molecule has 1 saturated carbocycles. The fraction of sp³-hybridized carbons (Fsp3) is 0.733. The predicted molar refractivity (Wildman–Crippen MR) is 83.3 cm³/mol. The van der Waals surface area contributed by atoms with Crippen LogP contribution >= 0.6 is 22.9 Å². The van der Waals surface area contributed by atoms with Gasteiger partial charge >= 0.3 is 0 Å². The average Bonchev–Trinajstić information content (AvgIpc) is 2.68. The van der Waals surface area contributed by atoms with Gasteiger partial charge in [-0.3, -0.25) is 0 Å². The zero-order valence-electron chi connectivity index (χ0n) is 11.8. The van der Waals surface area contributed by atoms with Gasteiger partial charge in [-0.15, -0.1) is 11.3 Å². The second kappa shape index (κ2) is 5.36. The summed E-state index contributed by atoms with van der Waals surface area (Å²) in [7, 11) is 4.43. The van der Waals surface area contributed by atoms with Crippen LogP contribution in [0, 0.1) is 0 Å². The lowest BCUT2D eigenvalue weighted by Crippen LogP contribution is -2.56. The van der Waals surface area contributed by atoms with Crippen LogP contribution in [0.1, 0.15) is 48.6 Å². The van der Waals surface area contributed by atoms with E-state index in [1.165, 1.54) is 49.0 Å². The van der Waals surface area contributed by atoms with Gasteiger partial charge in [0.1, 0.15) is 0 Å². The quantitative estimate of drug-likeness (QED) is 0.908. The molecular formula is C15H23ClN2S. The van der Waals surface area contributed by atoms with Crippen LogP contribution < -0.4 is 5.32 Å². The molecule has 0 aliphatic heterocycles. The van der Waals surface area contributed by atoms with Gasteiger partial charge in [0.15, 0.2) is 0 Å². The fourth-order valence-corrected chi connectivity index (χ4v) is 4.80. The summed E-state index contributed by atoms with van der Waals surface area (Å²) < 4.78 is 0.949. The van der Waals surface area contributed by atoms with Crippen molar-refractivity contribution < 1.29 is 0 Å². The molecule has 3 rings (SSSR count). The van der Waals surface area contributed by atoms with Crippen molar-refractivity contribution in [1.29, 1.82) is 0 Å². The van der Waals surface area contributed by atoms with Crippen molar-refractivity contribution in [2.24, 2.45) is 0 Å². The molecule has 2 nitrogen and oxygen atoms in total. The van der Waals surface area contributed by atoms with Crippen molar-refractivity contribution in [2.75, 3.05) is 20.6 Å². The summed E-state index contributed by atoms with van der Waals surface area (Å²) in [4.78, 5) is 3.91. The van der Waals surface area contributed by atoms with Gasteiger partial charge in [0.05, 0.1) is 4.34 Å². The van der Waals surface area contributed by atoms with Gasteiger partial charge in [-0.1, -0.05) is 11.6 Å². The van der Waals surface area contributed by atoms with Crippen LogP contribution in [0.25, 0.3) is 0 Å². The van der Waals surface area contributed by atoms with E-state index in [4.69, 9.17) is 11.6 Å². The van der Waals surface area contributed by atoms with Crippen LogP contribution in [0.3, 0.4) is 0 Å². The molecule has 2 aliphatic carbocycles. The number of nitrogens with one attached hydrogen (secondary N) is 1. The Hall–Kier alpha value is -0.0900. The number of aryl methyl sites for hydroxylation is 1. The van der Waals surface area contributed by atoms with Gasteiger partial charge in [-0.25, -0.2) is 0 Å². The first-order chi connectivity index (χ1) is 9.11. The molecule has 1 aromatic heterocycles. The van der Waals surface area contributed by atoms with Crippen molar-refractivity contribution >= 4 is 22.9 Å². The number of halogens is 1. The number of hydrogen-bond acceptors (Lipinski definition) is 3. The molecule has 1 fully saturated rings. The smallest absolute Gasteiger partial charge is 0.0934 e. The van der Waals surface area contributed by atoms with Crippen molar-refractivity contribution in [1.82, 2.24) is 10.2 Å². The summed E-state index contributed by atoms with van der Waals surface area (Å²) in [6.45, 7) is 1.11. The Bertz CT molecular complexity index is 451. The van der Waals surface area contributed by atoms with Gasteiger partial charge in [-0.2, -0.15) is 0 Å². The maximum atomic E-state index is 6.18. The highest BCUT2D eigenvalue weighted by Gasteiger charge is 2.39. The molecule has 0 saturated heterocycles. The van der Waals surface area contributed by atoms with Gasteiger partial charge in [0.25, 0.3) is 0 Å². The standard InChI is InChI=1S/C15H23ClN2S/c1-18(2)15(7-4-8-15)10-17-12-5-3-6-13-11(12)9-14(16)19-13/h9,12,17H,3-8,10H2,1-2H3. The Kier molecular flexibility index (Phi) is 3.91. The minimum absolute atomic E-state index is 0.400. The SMILES string of the molecule is CN(C)C1(CNC2CCCc3sc(Cl)cc32)CCC1. The van der Waals surface area contributed by atoms with E-state index < -0.39 is 0 Å². The van der Waals surface area contributed by atoms with E-state index >= 15 is 0 Å². The molecule has 2 aliphatic rings. The Morgan fingerprint density at radius 3 is 2.84 bits per heavy atom. The fourth-order valence-electron chi connectivity index (χ4n) is 3.41. The first kappa shape index (κ1) is 13.9. The van der Waals surface area contributed by atoms with Crippen molar-refractivity contribution in [3.63, 3.8) is 0 Å². The third-order valence-corrected chi connectivity index (χ3v) is 6.33. The third-order valence-electron chi connectivity index (χ3n) is 4.99. The number of nitrogens with zero attached hydrogens (tertiary/aromatic N) is 1. The molecule has 0 amide bonds. The van der Waals surface area contributed by atoms with Gasteiger partial charge in [0.2, 0.25) is 0 Å². The van der Waals surface area contributed by atoms with E-state index in [0.717, 1.165) is 10.9 Å². The number of rotatable bonds is 4. The van der Waals surface area contributed by atoms with Crippen LogP contribution in [0.5, 0.6) is 0 Å². The Morgan fingerprint density at radius 2 is 2.21 bits per heavy atom. The number of likely N-dealkylation sites (N-methyl/N-ethyl adjacent to an activating group) is 1. The molecular weight excluding hydrogens is 276 g/mol. The van der Waals surface area contributed by atoms with Crippen molar-refractivity contribution in [2.45, 2.75) is 50.1 Å². The average molecular weight is 299 g/mol. The van der Waals surface area contributed by atoms with E-state index in [2.05, 4.69) is 30.4 Å². The molecule has 4 heteroatoms. The monoisotopic (exact) mass is 298 g/mol. The molecule has 0 spiro atoms. The first-order valence-electron chi connectivity index (χ1n) is 7.30. The summed E-state index contributed by atoms with van der Waals surface area (Å²) in [5.74, 6) is 0. The summed E-state index contributed by atoms with van der Waals surface area (Å²) in [5.41, 5.74) is 1.87. The molecule has 1 unspecified atom stereocenters. The van der Waals surface area contributed by atoms with E-state index in [0.29, 0.717) is 11.6 Å². The zero-order chi connectivity index (χ0) is 13.5. The van der Waals surface area contributed by atoms with Gasteiger partial charge in [-0.05, 0) is 64.3 Å². The molecule has 0 aromatic carbocycles. The van der Waals surface area contributed by atoms with E-state index in [1.54, 1.807) is 11.3 Å². The summed E-state index contributed by atoms with van der Waals surface area (Å²) in [6, 6.07) is 2.70. The highest BCUT2D eigenvalue weighted by molar-refractivity contribution is 7.16. The minimum atomic E-state index is 0.400. The van der Waals surface area contributed by atoms with E-state index in [1.807, 2.05) is 0 Å². The van der Waals surface area contributed by atoms with Gasteiger partial charge in [0, 0.05) is 23.0 Å². The van der Waals surface area contributed by atoms with Crippen LogP contribution in [-0.2, 0) is 6.42 Å². The largest absolute Gasteiger partial charge is 0.308 e. The number of thiophene rings is 1. The van der Waals surface area contributed by atoms with Crippen LogP contribution in [0.4, 0.5) is 0 Å². The highest BCUT2D eigenvalue weighted by atomic mass is 35.5. The van der Waals surface area contributed by atoms with E-state index in [9.17, 15) is 0 Å². The van der Waals surface area contributed by atoms with Crippen LogP contribution in [0.15, 0.2) is 6.07 Å². The lowest BCUT2D eigenvalue weighted by molar-refractivity contribution is 0.0564. The molecule has 1 N–H and O–H groups in total. The molecule has 1 aromatic rings. The normalized spacial score (nSPS) is 25.2. The maximum absolute atomic E-state index is 6.18.